The van der Waals surface area contributed by atoms with Gasteiger partial charge in [0, 0.05) is 31.9 Å². The highest BCUT2D eigenvalue weighted by Crippen LogP contribution is 2.23. The topological polar surface area (TPSA) is 44.8 Å². The Morgan fingerprint density at radius 2 is 1.79 bits per heavy atom. The van der Waals surface area contributed by atoms with Crippen LogP contribution in [0.2, 0.25) is 0 Å². The summed E-state index contributed by atoms with van der Waals surface area (Å²) < 4.78 is 5.82. The number of aryl methyl sites for hydroxylation is 2. The zero-order valence-corrected chi connectivity index (χ0v) is 17.2. The normalized spacial score (nSPS) is 14.1. The van der Waals surface area contributed by atoms with E-state index in [0.29, 0.717) is 13.2 Å². The van der Waals surface area contributed by atoms with Gasteiger partial charge in [0.05, 0.1) is 6.54 Å². The number of nitrogens with one attached hydrogen (secondary N) is 1. The number of nitrogens with zero attached hydrogens (tertiary/aromatic N) is 2. The van der Waals surface area contributed by atoms with E-state index in [1.807, 2.05) is 23.1 Å². The van der Waals surface area contributed by atoms with Crippen LogP contribution in [0, 0.1) is 13.8 Å². The summed E-state index contributed by atoms with van der Waals surface area (Å²) in [5, 5.41) is 2.98. The molecule has 1 N–H and O–H groups in total. The standard InChI is InChI=1S/C23H31N3O2/c1-4-20-9-5-6-11-22(20)28-17-12-24-23(27)26-15-13-25(14-16-26)21-10-7-8-18(2)19(21)3/h5-11H,4,12-17H2,1-3H3,(H,24,27). The Hall–Kier alpha value is -2.69. The molecule has 0 aromatic heterocycles. The van der Waals surface area contributed by atoms with Crippen molar-refractivity contribution >= 4 is 11.7 Å². The largest absolute Gasteiger partial charge is 0.491 e. The van der Waals surface area contributed by atoms with Crippen LogP contribution in [0.5, 0.6) is 5.75 Å². The maximum atomic E-state index is 12.4. The van der Waals surface area contributed by atoms with Crippen molar-refractivity contribution in [2.45, 2.75) is 27.2 Å². The third-order valence-corrected chi connectivity index (χ3v) is 5.47. The number of para-hydroxylation sites is 1. The van der Waals surface area contributed by atoms with Crippen LogP contribution in [0.4, 0.5) is 10.5 Å². The van der Waals surface area contributed by atoms with Crippen LogP contribution in [-0.4, -0.2) is 50.3 Å². The highest BCUT2D eigenvalue weighted by molar-refractivity contribution is 5.74. The molecular formula is C23H31N3O2. The van der Waals surface area contributed by atoms with E-state index in [4.69, 9.17) is 4.74 Å². The molecule has 0 bridgehead atoms. The quantitative estimate of drug-likeness (QED) is 0.775. The van der Waals surface area contributed by atoms with Crippen LogP contribution in [0.25, 0.3) is 0 Å². The third-order valence-electron chi connectivity index (χ3n) is 5.47. The Balaban J connectivity index is 1.42. The summed E-state index contributed by atoms with van der Waals surface area (Å²) in [5.74, 6) is 0.904. The van der Waals surface area contributed by atoms with E-state index < -0.39 is 0 Å². The van der Waals surface area contributed by atoms with Gasteiger partial charge in [0.1, 0.15) is 12.4 Å². The lowest BCUT2D eigenvalue weighted by atomic mass is 10.1. The first-order valence-corrected chi connectivity index (χ1v) is 10.1. The highest BCUT2D eigenvalue weighted by Gasteiger charge is 2.22. The molecule has 0 saturated carbocycles. The summed E-state index contributed by atoms with van der Waals surface area (Å²) >= 11 is 0. The zero-order chi connectivity index (χ0) is 19.9. The molecule has 5 heteroatoms. The van der Waals surface area contributed by atoms with E-state index in [-0.39, 0.29) is 6.03 Å². The molecule has 5 nitrogen and oxygen atoms in total. The lowest BCUT2D eigenvalue weighted by Gasteiger charge is -2.37. The number of anilines is 1. The van der Waals surface area contributed by atoms with Gasteiger partial charge in [-0.3, -0.25) is 0 Å². The molecule has 150 valence electrons. The van der Waals surface area contributed by atoms with Crippen molar-refractivity contribution in [3.63, 3.8) is 0 Å². The average molecular weight is 382 g/mol. The molecule has 0 unspecified atom stereocenters. The molecule has 1 heterocycles. The molecule has 0 aliphatic carbocycles. The number of piperazine rings is 1. The molecule has 0 atom stereocenters. The number of carbonyl (C=O) groups excluding carboxylic acids is 1. The molecule has 1 fully saturated rings. The van der Waals surface area contributed by atoms with Crippen LogP contribution in [0.15, 0.2) is 42.5 Å². The van der Waals surface area contributed by atoms with Gasteiger partial charge in [0.25, 0.3) is 0 Å². The van der Waals surface area contributed by atoms with Crippen LogP contribution in [0.1, 0.15) is 23.6 Å². The lowest BCUT2D eigenvalue weighted by Crippen LogP contribution is -2.52. The molecule has 0 radical (unpaired) electrons. The predicted molar refractivity (Wildman–Crippen MR) is 114 cm³/mol. The summed E-state index contributed by atoms with van der Waals surface area (Å²) in [6.07, 6.45) is 0.938. The van der Waals surface area contributed by atoms with Crippen LogP contribution in [-0.2, 0) is 6.42 Å². The number of urea groups is 1. The number of hydrogen-bond donors (Lipinski definition) is 1. The Labute approximate surface area is 168 Å². The predicted octanol–water partition coefficient (Wildman–Crippen LogP) is 3.78. The van der Waals surface area contributed by atoms with Gasteiger partial charge in [-0.25, -0.2) is 4.79 Å². The van der Waals surface area contributed by atoms with Gasteiger partial charge in [-0.1, -0.05) is 37.3 Å². The van der Waals surface area contributed by atoms with Crippen molar-refractivity contribution in [2.75, 3.05) is 44.2 Å². The van der Waals surface area contributed by atoms with Crippen LogP contribution < -0.4 is 15.0 Å². The minimum atomic E-state index is -0.00649. The summed E-state index contributed by atoms with van der Waals surface area (Å²) in [4.78, 5) is 16.7. The number of benzene rings is 2. The van der Waals surface area contributed by atoms with Gasteiger partial charge in [-0.15, -0.1) is 0 Å². The van der Waals surface area contributed by atoms with E-state index in [2.05, 4.69) is 55.3 Å². The summed E-state index contributed by atoms with van der Waals surface area (Å²) in [6, 6.07) is 14.5. The maximum absolute atomic E-state index is 12.4. The smallest absolute Gasteiger partial charge is 0.317 e. The van der Waals surface area contributed by atoms with Gasteiger partial charge in [-0.05, 0) is 49.1 Å². The van der Waals surface area contributed by atoms with Crippen LogP contribution >= 0.6 is 0 Å². The maximum Gasteiger partial charge on any atom is 0.317 e. The summed E-state index contributed by atoms with van der Waals surface area (Å²) in [6.45, 7) is 10.6. The van der Waals surface area contributed by atoms with Crippen molar-refractivity contribution in [3.8, 4) is 5.75 Å². The molecule has 2 aromatic carbocycles. The molecule has 1 aliphatic heterocycles. The molecule has 2 aromatic rings. The van der Waals surface area contributed by atoms with E-state index in [0.717, 1.165) is 38.3 Å². The van der Waals surface area contributed by atoms with Crippen molar-refractivity contribution in [2.24, 2.45) is 0 Å². The minimum Gasteiger partial charge on any atom is -0.491 e. The van der Waals surface area contributed by atoms with Crippen molar-refractivity contribution in [3.05, 3.63) is 59.2 Å². The molecule has 3 rings (SSSR count). The first-order valence-electron chi connectivity index (χ1n) is 10.1. The summed E-state index contributed by atoms with van der Waals surface area (Å²) in [7, 11) is 0. The second-order valence-corrected chi connectivity index (χ2v) is 7.23. The number of amides is 2. The van der Waals surface area contributed by atoms with Gasteiger partial charge in [0.15, 0.2) is 0 Å². The second kappa shape index (κ2) is 9.49. The van der Waals surface area contributed by atoms with E-state index >= 15 is 0 Å². The Bertz CT molecular complexity index is 798. The minimum absolute atomic E-state index is 0.00649. The number of rotatable bonds is 6. The van der Waals surface area contributed by atoms with E-state index in [1.54, 1.807) is 0 Å². The SMILES string of the molecule is CCc1ccccc1OCCNC(=O)N1CCN(c2cccc(C)c2C)CC1. The fourth-order valence-electron chi connectivity index (χ4n) is 3.60. The third kappa shape index (κ3) is 4.77. The molecule has 2 amide bonds. The molecule has 0 spiro atoms. The molecule has 28 heavy (non-hydrogen) atoms. The van der Waals surface area contributed by atoms with E-state index in [1.165, 1.54) is 22.4 Å². The number of carbonyl (C=O) groups is 1. The van der Waals surface area contributed by atoms with Gasteiger partial charge < -0.3 is 19.9 Å². The molecule has 1 aliphatic rings. The first kappa shape index (κ1) is 20.1. The Kier molecular flexibility index (Phi) is 6.80. The molecular weight excluding hydrogens is 350 g/mol. The molecule has 1 saturated heterocycles. The van der Waals surface area contributed by atoms with Gasteiger partial charge in [-0.2, -0.15) is 0 Å². The van der Waals surface area contributed by atoms with Gasteiger partial charge >= 0.3 is 6.03 Å². The number of hydrogen-bond acceptors (Lipinski definition) is 3. The Morgan fingerprint density at radius 3 is 2.54 bits per heavy atom. The second-order valence-electron chi connectivity index (χ2n) is 7.23. The van der Waals surface area contributed by atoms with Crippen molar-refractivity contribution in [1.82, 2.24) is 10.2 Å². The fourth-order valence-corrected chi connectivity index (χ4v) is 3.60. The van der Waals surface area contributed by atoms with Crippen molar-refractivity contribution < 1.29 is 9.53 Å². The number of ether oxygens (including phenoxy) is 1. The van der Waals surface area contributed by atoms with E-state index in [9.17, 15) is 4.79 Å². The van der Waals surface area contributed by atoms with Crippen molar-refractivity contribution in [1.29, 1.82) is 0 Å². The fraction of sp³-hybridized carbons (Fsp3) is 0.435. The monoisotopic (exact) mass is 381 g/mol. The average Bonchev–Trinajstić information content (AvgIpc) is 2.73. The summed E-state index contributed by atoms with van der Waals surface area (Å²) in [5.41, 5.74) is 5.10. The van der Waals surface area contributed by atoms with Gasteiger partial charge in [0.2, 0.25) is 0 Å². The lowest BCUT2D eigenvalue weighted by molar-refractivity contribution is 0.191. The van der Waals surface area contributed by atoms with Crippen LogP contribution in [0.3, 0.4) is 0 Å². The highest BCUT2D eigenvalue weighted by atomic mass is 16.5. The first-order chi connectivity index (χ1) is 13.6. The Morgan fingerprint density at radius 1 is 1.04 bits per heavy atom. The zero-order valence-electron chi connectivity index (χ0n) is 17.2.